The molecule has 5 heteroatoms. The van der Waals surface area contributed by atoms with E-state index in [-0.39, 0.29) is 11.6 Å². The topological polar surface area (TPSA) is 68.0 Å². The standard InChI is InChI=1S/C13H15N3O2/c1-8(2)16-9(3)14-15-12(16)10-5-4-6-11(7-10)13(17)18/h4-8H,1-3H3,(H,17,18). The second-order valence-corrected chi connectivity index (χ2v) is 4.42. The Kier molecular flexibility index (Phi) is 3.14. The summed E-state index contributed by atoms with van der Waals surface area (Å²) in [6, 6.07) is 6.96. The summed E-state index contributed by atoms with van der Waals surface area (Å²) in [7, 11) is 0. The lowest BCUT2D eigenvalue weighted by Gasteiger charge is -2.12. The minimum absolute atomic E-state index is 0.225. The maximum absolute atomic E-state index is 11.0. The monoisotopic (exact) mass is 245 g/mol. The first kappa shape index (κ1) is 12.3. The Bertz CT molecular complexity index is 588. The third kappa shape index (κ3) is 2.11. The largest absolute Gasteiger partial charge is 0.478 e. The zero-order valence-electron chi connectivity index (χ0n) is 10.6. The van der Waals surface area contributed by atoms with Crippen molar-refractivity contribution in [3.63, 3.8) is 0 Å². The Balaban J connectivity index is 2.55. The van der Waals surface area contributed by atoms with Crippen LogP contribution in [0.1, 0.15) is 36.1 Å². The van der Waals surface area contributed by atoms with Crippen molar-refractivity contribution in [3.05, 3.63) is 35.7 Å². The van der Waals surface area contributed by atoms with Crippen LogP contribution in [0.2, 0.25) is 0 Å². The van der Waals surface area contributed by atoms with Crippen molar-refractivity contribution in [1.29, 1.82) is 0 Å². The van der Waals surface area contributed by atoms with Gasteiger partial charge in [-0.15, -0.1) is 10.2 Å². The summed E-state index contributed by atoms with van der Waals surface area (Å²) in [6.07, 6.45) is 0. The van der Waals surface area contributed by atoms with Gasteiger partial charge in [-0.05, 0) is 32.9 Å². The molecule has 1 N–H and O–H groups in total. The molecule has 0 saturated heterocycles. The number of hydrogen-bond donors (Lipinski definition) is 1. The number of aromatic nitrogens is 3. The second-order valence-electron chi connectivity index (χ2n) is 4.42. The highest BCUT2D eigenvalue weighted by Gasteiger charge is 2.14. The quantitative estimate of drug-likeness (QED) is 0.902. The van der Waals surface area contributed by atoms with E-state index >= 15 is 0 Å². The number of carboxylic acid groups (broad SMARTS) is 1. The molecular weight excluding hydrogens is 230 g/mol. The summed E-state index contributed by atoms with van der Waals surface area (Å²) in [4.78, 5) is 11.0. The maximum Gasteiger partial charge on any atom is 0.335 e. The van der Waals surface area contributed by atoms with Crippen molar-refractivity contribution in [2.24, 2.45) is 0 Å². The number of carbonyl (C=O) groups is 1. The van der Waals surface area contributed by atoms with Crippen molar-refractivity contribution in [3.8, 4) is 11.4 Å². The minimum Gasteiger partial charge on any atom is -0.478 e. The predicted octanol–water partition coefficient (Wildman–Crippen LogP) is 2.53. The van der Waals surface area contributed by atoms with Crippen molar-refractivity contribution in [1.82, 2.24) is 14.8 Å². The maximum atomic E-state index is 11.0. The van der Waals surface area contributed by atoms with Gasteiger partial charge in [-0.25, -0.2) is 4.79 Å². The second kappa shape index (κ2) is 4.60. The molecular formula is C13H15N3O2. The van der Waals surface area contributed by atoms with E-state index in [9.17, 15) is 4.79 Å². The van der Waals surface area contributed by atoms with Gasteiger partial charge in [0, 0.05) is 11.6 Å². The summed E-state index contributed by atoms with van der Waals surface area (Å²) in [5, 5.41) is 17.2. The molecule has 1 heterocycles. The van der Waals surface area contributed by atoms with Gasteiger partial charge in [-0.1, -0.05) is 12.1 Å². The van der Waals surface area contributed by atoms with Gasteiger partial charge < -0.3 is 9.67 Å². The molecule has 0 amide bonds. The summed E-state index contributed by atoms with van der Waals surface area (Å²) in [5.41, 5.74) is 1.02. The lowest BCUT2D eigenvalue weighted by atomic mass is 10.1. The van der Waals surface area contributed by atoms with Gasteiger partial charge in [0.25, 0.3) is 0 Å². The molecule has 2 aromatic rings. The lowest BCUT2D eigenvalue weighted by Crippen LogP contribution is -2.06. The fourth-order valence-electron chi connectivity index (χ4n) is 1.98. The van der Waals surface area contributed by atoms with Gasteiger partial charge >= 0.3 is 5.97 Å². The van der Waals surface area contributed by atoms with E-state index in [1.807, 2.05) is 31.4 Å². The SMILES string of the molecule is Cc1nnc(-c2cccc(C(=O)O)c2)n1C(C)C. The van der Waals surface area contributed by atoms with E-state index in [0.717, 1.165) is 11.4 Å². The number of aromatic carboxylic acids is 1. The van der Waals surface area contributed by atoms with Crippen LogP contribution >= 0.6 is 0 Å². The highest BCUT2D eigenvalue weighted by atomic mass is 16.4. The third-order valence-corrected chi connectivity index (χ3v) is 2.75. The summed E-state index contributed by atoms with van der Waals surface area (Å²) in [5.74, 6) is 0.579. The average molecular weight is 245 g/mol. The molecule has 0 saturated carbocycles. The van der Waals surface area contributed by atoms with Crippen molar-refractivity contribution < 1.29 is 9.90 Å². The molecule has 1 aromatic carbocycles. The van der Waals surface area contributed by atoms with Crippen LogP contribution < -0.4 is 0 Å². The van der Waals surface area contributed by atoms with Crippen LogP contribution in [-0.4, -0.2) is 25.8 Å². The van der Waals surface area contributed by atoms with Gasteiger partial charge in [0.1, 0.15) is 5.82 Å². The molecule has 0 fully saturated rings. The molecule has 0 atom stereocenters. The van der Waals surface area contributed by atoms with Crippen LogP contribution in [0, 0.1) is 6.92 Å². The fraction of sp³-hybridized carbons (Fsp3) is 0.308. The first-order valence-electron chi connectivity index (χ1n) is 5.76. The van der Waals surface area contributed by atoms with Gasteiger partial charge in [-0.3, -0.25) is 0 Å². The van der Waals surface area contributed by atoms with E-state index < -0.39 is 5.97 Å². The predicted molar refractivity (Wildman–Crippen MR) is 67.5 cm³/mol. The van der Waals surface area contributed by atoms with E-state index in [1.54, 1.807) is 18.2 Å². The first-order chi connectivity index (χ1) is 8.50. The summed E-state index contributed by atoms with van der Waals surface area (Å²) >= 11 is 0. The molecule has 0 bridgehead atoms. The average Bonchev–Trinajstić information content (AvgIpc) is 2.71. The Morgan fingerprint density at radius 3 is 2.67 bits per heavy atom. The Hall–Kier alpha value is -2.17. The van der Waals surface area contributed by atoms with Gasteiger partial charge in [-0.2, -0.15) is 0 Å². The molecule has 0 spiro atoms. The van der Waals surface area contributed by atoms with Crippen LogP contribution in [0.15, 0.2) is 24.3 Å². The number of hydrogen-bond acceptors (Lipinski definition) is 3. The lowest BCUT2D eigenvalue weighted by molar-refractivity contribution is 0.0697. The number of benzene rings is 1. The van der Waals surface area contributed by atoms with E-state index in [1.165, 1.54) is 0 Å². The van der Waals surface area contributed by atoms with Crippen LogP contribution in [0.4, 0.5) is 0 Å². The zero-order chi connectivity index (χ0) is 13.3. The number of nitrogens with zero attached hydrogens (tertiary/aromatic N) is 3. The highest BCUT2D eigenvalue weighted by molar-refractivity contribution is 5.89. The van der Waals surface area contributed by atoms with Crippen LogP contribution in [0.25, 0.3) is 11.4 Å². The molecule has 18 heavy (non-hydrogen) atoms. The molecule has 0 radical (unpaired) electrons. The Morgan fingerprint density at radius 2 is 2.06 bits per heavy atom. The molecule has 0 aliphatic carbocycles. The molecule has 1 aromatic heterocycles. The summed E-state index contributed by atoms with van der Waals surface area (Å²) in [6.45, 7) is 5.97. The van der Waals surface area contributed by atoms with Gasteiger partial charge in [0.2, 0.25) is 0 Å². The highest BCUT2D eigenvalue weighted by Crippen LogP contribution is 2.22. The number of aryl methyl sites for hydroxylation is 1. The Morgan fingerprint density at radius 1 is 1.33 bits per heavy atom. The molecule has 0 aliphatic heterocycles. The van der Waals surface area contributed by atoms with Crippen molar-refractivity contribution >= 4 is 5.97 Å². The van der Waals surface area contributed by atoms with Crippen molar-refractivity contribution in [2.45, 2.75) is 26.8 Å². The minimum atomic E-state index is -0.941. The fourth-order valence-corrected chi connectivity index (χ4v) is 1.98. The molecule has 0 aliphatic rings. The molecule has 2 rings (SSSR count). The van der Waals surface area contributed by atoms with E-state index in [4.69, 9.17) is 5.11 Å². The van der Waals surface area contributed by atoms with Crippen LogP contribution in [0.5, 0.6) is 0 Å². The van der Waals surface area contributed by atoms with Gasteiger partial charge in [0.15, 0.2) is 5.82 Å². The van der Waals surface area contributed by atoms with Crippen LogP contribution in [-0.2, 0) is 0 Å². The number of carboxylic acids is 1. The van der Waals surface area contributed by atoms with Gasteiger partial charge in [0.05, 0.1) is 5.56 Å². The molecule has 94 valence electrons. The van der Waals surface area contributed by atoms with Crippen molar-refractivity contribution in [2.75, 3.05) is 0 Å². The molecule has 5 nitrogen and oxygen atoms in total. The first-order valence-corrected chi connectivity index (χ1v) is 5.76. The number of rotatable bonds is 3. The third-order valence-electron chi connectivity index (χ3n) is 2.75. The Labute approximate surface area is 105 Å². The smallest absolute Gasteiger partial charge is 0.335 e. The zero-order valence-corrected chi connectivity index (χ0v) is 10.6. The van der Waals surface area contributed by atoms with E-state index in [0.29, 0.717) is 5.82 Å². The molecule has 0 unspecified atom stereocenters. The summed E-state index contributed by atoms with van der Waals surface area (Å²) < 4.78 is 1.99. The van der Waals surface area contributed by atoms with Crippen LogP contribution in [0.3, 0.4) is 0 Å². The van der Waals surface area contributed by atoms with E-state index in [2.05, 4.69) is 10.2 Å². The normalized spacial score (nSPS) is 10.9.